The van der Waals surface area contributed by atoms with E-state index in [-0.39, 0.29) is 11.5 Å². The molecule has 1 amide bonds. The summed E-state index contributed by atoms with van der Waals surface area (Å²) in [5.41, 5.74) is 3.85. The summed E-state index contributed by atoms with van der Waals surface area (Å²) in [6, 6.07) is 18.3. The van der Waals surface area contributed by atoms with Crippen LogP contribution in [0.2, 0.25) is 5.02 Å². The fourth-order valence-corrected chi connectivity index (χ4v) is 6.04. The van der Waals surface area contributed by atoms with E-state index in [4.69, 9.17) is 16.6 Å². The molecule has 1 fully saturated rings. The molecule has 9 heteroatoms. The standard InChI is InChI=1S/C27H21ClN4O3S/c28-19-6-3-7-22-23(19)30-27(36-22)31-25(33)16-10-8-15(9-11-16)24-29-20-14-17(26(34)35)12-13-21(20)32(24)18-4-1-2-5-18/h3,6-14,18H,1-2,4-5H2,(H,34,35)(H,30,31,33). The number of imidazole rings is 1. The van der Waals surface area contributed by atoms with Gasteiger partial charge >= 0.3 is 5.97 Å². The highest BCUT2D eigenvalue weighted by molar-refractivity contribution is 7.22. The van der Waals surface area contributed by atoms with Gasteiger partial charge < -0.3 is 9.67 Å². The second kappa shape index (κ2) is 9.04. The maximum Gasteiger partial charge on any atom is 0.335 e. The lowest BCUT2D eigenvalue weighted by Gasteiger charge is -2.16. The average molecular weight is 517 g/mol. The summed E-state index contributed by atoms with van der Waals surface area (Å²) in [6.07, 6.45) is 4.44. The molecule has 7 nitrogen and oxygen atoms in total. The number of aromatic carboxylic acids is 1. The number of thiazole rings is 1. The third kappa shape index (κ3) is 4.02. The molecule has 6 rings (SSSR count). The minimum Gasteiger partial charge on any atom is -0.478 e. The van der Waals surface area contributed by atoms with Crippen molar-refractivity contribution in [3.05, 3.63) is 76.8 Å². The van der Waals surface area contributed by atoms with Gasteiger partial charge in [-0.3, -0.25) is 10.1 Å². The number of fused-ring (bicyclic) bond motifs is 2. The zero-order valence-corrected chi connectivity index (χ0v) is 20.6. The number of carboxylic acid groups (broad SMARTS) is 1. The maximum atomic E-state index is 12.9. The summed E-state index contributed by atoms with van der Waals surface area (Å²) in [4.78, 5) is 33.6. The molecule has 0 spiro atoms. The summed E-state index contributed by atoms with van der Waals surface area (Å²) in [5.74, 6) is -0.445. The van der Waals surface area contributed by atoms with Gasteiger partial charge in [-0.25, -0.2) is 14.8 Å². The highest BCUT2D eigenvalue weighted by Crippen LogP contribution is 2.37. The molecule has 5 aromatic rings. The van der Waals surface area contributed by atoms with Gasteiger partial charge in [-0.15, -0.1) is 0 Å². The van der Waals surface area contributed by atoms with Crippen molar-refractivity contribution >= 4 is 61.2 Å². The smallest absolute Gasteiger partial charge is 0.335 e. The van der Waals surface area contributed by atoms with Gasteiger partial charge in [-0.05, 0) is 55.3 Å². The molecule has 1 saturated carbocycles. The van der Waals surface area contributed by atoms with E-state index in [1.807, 2.05) is 30.3 Å². The van der Waals surface area contributed by atoms with Crippen molar-refractivity contribution in [3.63, 3.8) is 0 Å². The van der Waals surface area contributed by atoms with Crippen LogP contribution in [0.15, 0.2) is 60.7 Å². The first-order valence-electron chi connectivity index (χ1n) is 11.7. The lowest BCUT2D eigenvalue weighted by atomic mass is 10.1. The van der Waals surface area contributed by atoms with Crippen LogP contribution in [-0.2, 0) is 0 Å². The van der Waals surface area contributed by atoms with Gasteiger partial charge in [0.15, 0.2) is 5.13 Å². The number of carbonyl (C=O) groups excluding carboxylic acids is 1. The zero-order valence-electron chi connectivity index (χ0n) is 19.1. The van der Waals surface area contributed by atoms with Gasteiger partial charge in [0.2, 0.25) is 0 Å². The number of carbonyl (C=O) groups is 2. The van der Waals surface area contributed by atoms with E-state index in [1.54, 1.807) is 30.3 Å². The summed E-state index contributed by atoms with van der Waals surface area (Å²) in [6.45, 7) is 0. The van der Waals surface area contributed by atoms with E-state index in [2.05, 4.69) is 14.9 Å². The quantitative estimate of drug-likeness (QED) is 0.261. The Labute approximate surface area is 215 Å². The van der Waals surface area contributed by atoms with Crippen molar-refractivity contribution in [2.75, 3.05) is 5.32 Å². The minimum atomic E-state index is -0.973. The average Bonchev–Trinajstić information content (AvgIpc) is 3.62. The van der Waals surface area contributed by atoms with Gasteiger partial charge in [-0.2, -0.15) is 0 Å². The summed E-state index contributed by atoms with van der Waals surface area (Å²) >= 11 is 7.58. The number of anilines is 1. The molecule has 2 heterocycles. The van der Waals surface area contributed by atoms with Gasteiger partial charge in [0, 0.05) is 17.2 Å². The largest absolute Gasteiger partial charge is 0.478 e. The third-order valence-electron chi connectivity index (χ3n) is 6.62. The molecule has 1 aliphatic rings. The maximum absolute atomic E-state index is 12.9. The van der Waals surface area contributed by atoms with Crippen LogP contribution in [0.3, 0.4) is 0 Å². The highest BCUT2D eigenvalue weighted by atomic mass is 35.5. The predicted octanol–water partition coefficient (Wildman–Crippen LogP) is 7.03. The number of hydrogen-bond donors (Lipinski definition) is 2. The molecule has 0 radical (unpaired) electrons. The summed E-state index contributed by atoms with van der Waals surface area (Å²) in [5, 5.41) is 13.3. The molecule has 3 aromatic carbocycles. The number of halogens is 1. The Bertz CT molecular complexity index is 1630. The van der Waals surface area contributed by atoms with Crippen LogP contribution in [0.5, 0.6) is 0 Å². The van der Waals surface area contributed by atoms with Crippen molar-refractivity contribution in [1.82, 2.24) is 14.5 Å². The fraction of sp³-hybridized carbons (Fsp3) is 0.185. The summed E-state index contributed by atoms with van der Waals surface area (Å²) < 4.78 is 3.14. The number of nitrogens with one attached hydrogen (secondary N) is 1. The van der Waals surface area contributed by atoms with Crippen LogP contribution in [-0.4, -0.2) is 31.5 Å². The molecule has 2 N–H and O–H groups in total. The van der Waals surface area contributed by atoms with Crippen LogP contribution in [0.4, 0.5) is 5.13 Å². The van der Waals surface area contributed by atoms with Gasteiger partial charge in [0.1, 0.15) is 11.3 Å². The first kappa shape index (κ1) is 22.7. The molecule has 0 bridgehead atoms. The molecule has 0 aliphatic heterocycles. The number of hydrogen-bond acceptors (Lipinski definition) is 5. The van der Waals surface area contributed by atoms with E-state index >= 15 is 0 Å². The van der Waals surface area contributed by atoms with Crippen LogP contribution in [0, 0.1) is 0 Å². The molecule has 180 valence electrons. The second-order valence-corrected chi connectivity index (χ2v) is 10.3. The first-order chi connectivity index (χ1) is 17.5. The van der Waals surface area contributed by atoms with Crippen LogP contribution in [0.25, 0.3) is 32.6 Å². The van der Waals surface area contributed by atoms with Crippen LogP contribution >= 0.6 is 22.9 Å². The highest BCUT2D eigenvalue weighted by Gasteiger charge is 2.24. The van der Waals surface area contributed by atoms with Crippen molar-refractivity contribution in [2.24, 2.45) is 0 Å². The number of benzene rings is 3. The first-order valence-corrected chi connectivity index (χ1v) is 12.9. The van der Waals surface area contributed by atoms with Crippen molar-refractivity contribution in [1.29, 1.82) is 0 Å². The van der Waals surface area contributed by atoms with E-state index < -0.39 is 5.97 Å². The molecule has 0 saturated heterocycles. The van der Waals surface area contributed by atoms with Crippen molar-refractivity contribution in [3.8, 4) is 11.4 Å². The Balaban J connectivity index is 1.32. The number of aromatic nitrogens is 3. The third-order valence-corrected chi connectivity index (χ3v) is 7.86. The van der Waals surface area contributed by atoms with Crippen LogP contribution < -0.4 is 5.32 Å². The molecular formula is C27H21ClN4O3S. The zero-order chi connectivity index (χ0) is 24.8. The normalized spacial score (nSPS) is 14.0. The van der Waals surface area contributed by atoms with E-state index in [0.29, 0.717) is 32.8 Å². The second-order valence-electron chi connectivity index (χ2n) is 8.89. The van der Waals surface area contributed by atoms with Crippen LogP contribution in [0.1, 0.15) is 52.4 Å². The Kier molecular flexibility index (Phi) is 5.70. The molecule has 0 unspecified atom stereocenters. The lowest BCUT2D eigenvalue weighted by Crippen LogP contribution is -2.11. The Morgan fingerprint density at radius 3 is 2.47 bits per heavy atom. The number of nitrogens with zero attached hydrogens (tertiary/aromatic N) is 3. The number of carboxylic acids is 1. The molecule has 36 heavy (non-hydrogen) atoms. The minimum absolute atomic E-state index is 0.216. The molecular weight excluding hydrogens is 496 g/mol. The molecule has 0 atom stereocenters. The topological polar surface area (TPSA) is 97.1 Å². The Hall–Kier alpha value is -3.75. The van der Waals surface area contributed by atoms with E-state index in [9.17, 15) is 14.7 Å². The van der Waals surface area contributed by atoms with E-state index in [0.717, 1.165) is 47.3 Å². The van der Waals surface area contributed by atoms with Crippen molar-refractivity contribution < 1.29 is 14.7 Å². The molecule has 1 aliphatic carbocycles. The Morgan fingerprint density at radius 1 is 1.00 bits per heavy atom. The van der Waals surface area contributed by atoms with Crippen molar-refractivity contribution in [2.45, 2.75) is 31.7 Å². The Morgan fingerprint density at radius 2 is 1.75 bits per heavy atom. The monoisotopic (exact) mass is 516 g/mol. The predicted molar refractivity (Wildman–Crippen MR) is 142 cm³/mol. The number of amides is 1. The summed E-state index contributed by atoms with van der Waals surface area (Å²) in [7, 11) is 0. The van der Waals surface area contributed by atoms with Gasteiger partial charge in [0.25, 0.3) is 5.91 Å². The van der Waals surface area contributed by atoms with E-state index in [1.165, 1.54) is 11.3 Å². The SMILES string of the molecule is O=C(O)c1ccc2c(c1)nc(-c1ccc(C(=O)Nc3nc4c(Cl)cccc4s3)cc1)n2C1CCCC1. The molecule has 2 aromatic heterocycles. The number of para-hydroxylation sites is 1. The van der Waals surface area contributed by atoms with Gasteiger partial charge in [-0.1, -0.05) is 54.0 Å². The fourth-order valence-electron chi connectivity index (χ4n) is 4.88. The lowest BCUT2D eigenvalue weighted by molar-refractivity contribution is 0.0696. The number of rotatable bonds is 5. The van der Waals surface area contributed by atoms with Gasteiger partial charge in [0.05, 0.1) is 26.3 Å².